The van der Waals surface area contributed by atoms with Crippen LogP contribution in [0.2, 0.25) is 0 Å². The molecular formula is C18H22FN3OS. The third kappa shape index (κ3) is 4.61. The summed E-state index contributed by atoms with van der Waals surface area (Å²) >= 11 is 1.53. The summed E-state index contributed by atoms with van der Waals surface area (Å²) in [5.41, 5.74) is 0.785. The van der Waals surface area contributed by atoms with E-state index >= 15 is 0 Å². The van der Waals surface area contributed by atoms with Gasteiger partial charge in [0.05, 0.1) is 6.42 Å². The molecule has 1 fully saturated rings. The van der Waals surface area contributed by atoms with Crippen LogP contribution in [0.15, 0.2) is 30.5 Å². The average Bonchev–Trinajstić information content (AvgIpc) is 2.99. The zero-order valence-corrected chi connectivity index (χ0v) is 14.6. The third-order valence-electron chi connectivity index (χ3n) is 4.38. The van der Waals surface area contributed by atoms with Crippen molar-refractivity contribution in [1.82, 2.24) is 9.88 Å². The second-order valence-electron chi connectivity index (χ2n) is 6.30. The number of carbonyl (C=O) groups is 1. The second kappa shape index (κ2) is 7.85. The Hall–Kier alpha value is -1.79. The fourth-order valence-corrected chi connectivity index (χ4v) is 3.84. The first-order chi connectivity index (χ1) is 11.6. The Morgan fingerprint density at radius 3 is 2.92 bits per heavy atom. The zero-order valence-electron chi connectivity index (χ0n) is 13.8. The number of halogens is 1. The molecule has 24 heavy (non-hydrogen) atoms. The molecular weight excluding hydrogens is 325 g/mol. The van der Waals surface area contributed by atoms with Gasteiger partial charge in [0.2, 0.25) is 5.91 Å². The standard InChI is InChI=1S/C18H22FN3OS/c1-13-4-2-3-9-22(13)12-16-11-20-18(24-16)21-17(23)10-14-5-7-15(19)8-6-14/h5-8,11,13H,2-4,9-10,12H2,1H3,(H,20,21,23). The van der Waals surface area contributed by atoms with E-state index in [1.54, 1.807) is 12.1 Å². The van der Waals surface area contributed by atoms with Crippen LogP contribution in [0.5, 0.6) is 0 Å². The van der Waals surface area contributed by atoms with Crippen LogP contribution in [0.3, 0.4) is 0 Å². The predicted molar refractivity (Wildman–Crippen MR) is 94.6 cm³/mol. The Labute approximate surface area is 145 Å². The number of anilines is 1. The van der Waals surface area contributed by atoms with E-state index < -0.39 is 0 Å². The van der Waals surface area contributed by atoms with E-state index in [9.17, 15) is 9.18 Å². The van der Waals surface area contributed by atoms with Gasteiger partial charge in [0.25, 0.3) is 0 Å². The number of likely N-dealkylation sites (tertiary alicyclic amines) is 1. The number of aromatic nitrogens is 1. The number of hydrogen-bond acceptors (Lipinski definition) is 4. The molecule has 1 amide bonds. The number of hydrogen-bond donors (Lipinski definition) is 1. The first-order valence-corrected chi connectivity index (χ1v) is 9.15. The highest BCUT2D eigenvalue weighted by Crippen LogP contribution is 2.24. The summed E-state index contributed by atoms with van der Waals surface area (Å²) in [5, 5.41) is 3.46. The highest BCUT2D eigenvalue weighted by atomic mass is 32.1. The molecule has 1 aromatic carbocycles. The molecule has 0 saturated carbocycles. The molecule has 4 nitrogen and oxygen atoms in total. The molecule has 0 bridgehead atoms. The number of thiazole rings is 1. The quantitative estimate of drug-likeness (QED) is 0.894. The van der Waals surface area contributed by atoms with Gasteiger partial charge < -0.3 is 5.32 Å². The SMILES string of the molecule is CC1CCCCN1Cc1cnc(NC(=O)Cc2ccc(F)cc2)s1. The lowest BCUT2D eigenvalue weighted by Gasteiger charge is -2.32. The van der Waals surface area contributed by atoms with Crippen molar-refractivity contribution in [3.05, 3.63) is 46.7 Å². The van der Waals surface area contributed by atoms with Crippen LogP contribution in [-0.2, 0) is 17.8 Å². The minimum atomic E-state index is -0.296. The van der Waals surface area contributed by atoms with Gasteiger partial charge in [-0.05, 0) is 44.0 Å². The average molecular weight is 347 g/mol. The van der Waals surface area contributed by atoms with Crippen LogP contribution < -0.4 is 5.32 Å². The Kier molecular flexibility index (Phi) is 5.58. The van der Waals surface area contributed by atoms with E-state index in [-0.39, 0.29) is 18.1 Å². The van der Waals surface area contributed by atoms with E-state index in [0.717, 1.165) is 18.7 Å². The predicted octanol–water partition coefficient (Wildman–Crippen LogP) is 3.84. The Morgan fingerprint density at radius 1 is 1.38 bits per heavy atom. The van der Waals surface area contributed by atoms with Crippen molar-refractivity contribution >= 4 is 22.4 Å². The summed E-state index contributed by atoms with van der Waals surface area (Å²) in [5.74, 6) is -0.426. The number of carbonyl (C=O) groups excluding carboxylic acids is 1. The highest BCUT2D eigenvalue weighted by molar-refractivity contribution is 7.15. The molecule has 1 aromatic heterocycles. The van der Waals surface area contributed by atoms with Crippen LogP contribution in [0, 0.1) is 5.82 Å². The van der Waals surface area contributed by atoms with Crippen LogP contribution >= 0.6 is 11.3 Å². The van der Waals surface area contributed by atoms with Gasteiger partial charge in [-0.25, -0.2) is 9.37 Å². The summed E-state index contributed by atoms with van der Waals surface area (Å²) in [7, 11) is 0. The largest absolute Gasteiger partial charge is 0.302 e. The molecule has 2 aromatic rings. The fraction of sp³-hybridized carbons (Fsp3) is 0.444. The van der Waals surface area contributed by atoms with Gasteiger partial charge in [0.1, 0.15) is 5.82 Å². The van der Waals surface area contributed by atoms with E-state index in [1.807, 2.05) is 6.20 Å². The van der Waals surface area contributed by atoms with Crippen LogP contribution in [-0.4, -0.2) is 28.4 Å². The molecule has 1 N–H and O–H groups in total. The van der Waals surface area contributed by atoms with Gasteiger partial charge in [-0.2, -0.15) is 0 Å². The van der Waals surface area contributed by atoms with Crippen LogP contribution in [0.25, 0.3) is 0 Å². The van der Waals surface area contributed by atoms with Crippen molar-refractivity contribution in [2.45, 2.75) is 45.2 Å². The molecule has 2 heterocycles. The molecule has 1 aliphatic heterocycles. The normalized spacial score (nSPS) is 18.5. The first-order valence-electron chi connectivity index (χ1n) is 8.33. The van der Waals surface area contributed by atoms with E-state index in [4.69, 9.17) is 0 Å². The lowest BCUT2D eigenvalue weighted by atomic mass is 10.0. The summed E-state index contributed by atoms with van der Waals surface area (Å²) in [4.78, 5) is 20.0. The monoisotopic (exact) mass is 347 g/mol. The zero-order chi connectivity index (χ0) is 16.9. The van der Waals surface area contributed by atoms with Crippen LogP contribution in [0.4, 0.5) is 9.52 Å². The number of rotatable bonds is 5. The maximum absolute atomic E-state index is 12.9. The maximum atomic E-state index is 12.9. The number of piperidine rings is 1. The summed E-state index contributed by atoms with van der Waals surface area (Å²) < 4.78 is 12.9. The lowest BCUT2D eigenvalue weighted by molar-refractivity contribution is -0.115. The van der Waals surface area contributed by atoms with E-state index in [2.05, 4.69) is 22.1 Å². The molecule has 6 heteroatoms. The first kappa shape index (κ1) is 17.0. The minimum absolute atomic E-state index is 0.131. The van der Waals surface area contributed by atoms with Gasteiger partial charge in [-0.3, -0.25) is 9.69 Å². The number of benzene rings is 1. The molecule has 3 rings (SSSR count). The number of nitrogens with one attached hydrogen (secondary N) is 1. The van der Waals surface area contributed by atoms with Crippen molar-refractivity contribution < 1.29 is 9.18 Å². The molecule has 0 aliphatic carbocycles. The van der Waals surface area contributed by atoms with Crippen molar-refractivity contribution in [2.24, 2.45) is 0 Å². The van der Waals surface area contributed by atoms with E-state index in [0.29, 0.717) is 11.2 Å². The smallest absolute Gasteiger partial charge is 0.230 e. The molecule has 0 radical (unpaired) electrons. The van der Waals surface area contributed by atoms with Gasteiger partial charge >= 0.3 is 0 Å². The number of nitrogens with zero attached hydrogens (tertiary/aromatic N) is 2. The summed E-state index contributed by atoms with van der Waals surface area (Å²) in [6.45, 7) is 4.30. The topological polar surface area (TPSA) is 45.2 Å². The number of amides is 1. The summed E-state index contributed by atoms with van der Waals surface area (Å²) in [6.07, 6.45) is 5.88. The Balaban J connectivity index is 1.53. The molecule has 128 valence electrons. The van der Waals surface area contributed by atoms with Crippen molar-refractivity contribution in [3.63, 3.8) is 0 Å². The van der Waals surface area contributed by atoms with Gasteiger partial charge in [-0.15, -0.1) is 11.3 Å². The molecule has 1 unspecified atom stereocenters. The molecule has 0 spiro atoms. The van der Waals surface area contributed by atoms with E-state index in [1.165, 1.54) is 47.6 Å². The van der Waals surface area contributed by atoms with Gasteiger partial charge in [0, 0.05) is 23.7 Å². The lowest BCUT2D eigenvalue weighted by Crippen LogP contribution is -2.36. The Morgan fingerprint density at radius 2 is 2.17 bits per heavy atom. The van der Waals surface area contributed by atoms with Gasteiger partial charge in [0.15, 0.2) is 5.13 Å². The van der Waals surface area contributed by atoms with Gasteiger partial charge in [-0.1, -0.05) is 18.6 Å². The fourth-order valence-electron chi connectivity index (χ4n) is 2.98. The van der Waals surface area contributed by atoms with Crippen LogP contribution in [0.1, 0.15) is 36.6 Å². The summed E-state index contributed by atoms with van der Waals surface area (Å²) in [6, 6.07) is 6.59. The van der Waals surface area contributed by atoms with Crippen molar-refractivity contribution in [2.75, 3.05) is 11.9 Å². The molecule has 1 atom stereocenters. The third-order valence-corrected chi connectivity index (χ3v) is 5.27. The molecule has 1 saturated heterocycles. The molecule has 1 aliphatic rings. The van der Waals surface area contributed by atoms with Crippen molar-refractivity contribution in [3.8, 4) is 0 Å². The second-order valence-corrected chi connectivity index (χ2v) is 7.41. The minimum Gasteiger partial charge on any atom is -0.302 e. The highest BCUT2D eigenvalue weighted by Gasteiger charge is 2.19. The van der Waals surface area contributed by atoms with Crippen molar-refractivity contribution in [1.29, 1.82) is 0 Å². The maximum Gasteiger partial charge on any atom is 0.230 e. The Bertz CT molecular complexity index is 686.